The lowest BCUT2D eigenvalue weighted by molar-refractivity contribution is -0.115. The van der Waals surface area contributed by atoms with E-state index >= 15 is 0 Å². The van der Waals surface area contributed by atoms with Gasteiger partial charge in [0.1, 0.15) is 5.82 Å². The number of carbonyl (C=O) groups is 1. The molecule has 0 aromatic heterocycles. The van der Waals surface area contributed by atoms with E-state index in [9.17, 15) is 9.18 Å². The van der Waals surface area contributed by atoms with E-state index < -0.39 is 5.82 Å². The van der Waals surface area contributed by atoms with Crippen molar-refractivity contribution in [2.75, 3.05) is 5.32 Å². The molecular formula is C15H12Br2FNO. The molecule has 2 aromatic rings. The van der Waals surface area contributed by atoms with Gasteiger partial charge in [0.05, 0.1) is 10.9 Å². The fourth-order valence-corrected chi connectivity index (χ4v) is 2.71. The van der Waals surface area contributed by atoms with E-state index in [1.165, 1.54) is 6.07 Å². The number of hydrogen-bond acceptors (Lipinski definition) is 1. The molecule has 0 saturated carbocycles. The minimum absolute atomic E-state index is 0.173. The highest BCUT2D eigenvalue weighted by atomic mass is 79.9. The lowest BCUT2D eigenvalue weighted by atomic mass is 10.1. The first-order valence-electron chi connectivity index (χ1n) is 5.95. The highest BCUT2D eigenvalue weighted by Gasteiger charge is 2.09. The molecule has 0 aliphatic heterocycles. The number of benzene rings is 2. The summed E-state index contributed by atoms with van der Waals surface area (Å²) in [6.45, 7) is 1.82. The van der Waals surface area contributed by atoms with Crippen LogP contribution in [0.1, 0.15) is 11.1 Å². The SMILES string of the molecule is Cc1cc(Br)c(F)cc1NC(=O)Cc1cccc(Br)c1. The normalized spacial score (nSPS) is 10.4. The standard InChI is InChI=1S/C15H12Br2FNO/c1-9-5-12(17)13(18)8-14(9)19-15(20)7-10-3-2-4-11(16)6-10/h2-6,8H,7H2,1H3,(H,19,20). The number of anilines is 1. The summed E-state index contributed by atoms with van der Waals surface area (Å²) in [7, 11) is 0. The van der Waals surface area contributed by atoms with Crippen LogP contribution in [0.2, 0.25) is 0 Å². The van der Waals surface area contributed by atoms with Gasteiger partial charge < -0.3 is 5.32 Å². The van der Waals surface area contributed by atoms with E-state index in [1.807, 2.05) is 31.2 Å². The number of rotatable bonds is 3. The van der Waals surface area contributed by atoms with E-state index in [2.05, 4.69) is 37.2 Å². The molecule has 0 atom stereocenters. The molecule has 0 saturated heterocycles. The van der Waals surface area contributed by atoms with Crippen LogP contribution in [0.4, 0.5) is 10.1 Å². The second kappa shape index (κ2) is 6.50. The van der Waals surface area contributed by atoms with E-state index in [1.54, 1.807) is 6.07 Å². The van der Waals surface area contributed by atoms with Gasteiger partial charge in [0, 0.05) is 10.2 Å². The van der Waals surface area contributed by atoms with Gasteiger partial charge >= 0.3 is 0 Å². The fraction of sp³-hybridized carbons (Fsp3) is 0.133. The largest absolute Gasteiger partial charge is 0.325 e. The van der Waals surface area contributed by atoms with Gasteiger partial charge in [-0.05, 0) is 58.2 Å². The Labute approximate surface area is 133 Å². The molecule has 20 heavy (non-hydrogen) atoms. The molecule has 0 aliphatic carbocycles. The molecule has 0 radical (unpaired) electrons. The number of hydrogen-bond donors (Lipinski definition) is 1. The quantitative estimate of drug-likeness (QED) is 0.784. The summed E-state index contributed by atoms with van der Waals surface area (Å²) in [4.78, 5) is 12.0. The minimum atomic E-state index is -0.395. The van der Waals surface area contributed by atoms with Gasteiger partial charge in [-0.2, -0.15) is 0 Å². The lowest BCUT2D eigenvalue weighted by Gasteiger charge is -2.09. The average molecular weight is 401 g/mol. The molecule has 1 amide bonds. The van der Waals surface area contributed by atoms with Crippen LogP contribution < -0.4 is 5.32 Å². The van der Waals surface area contributed by atoms with E-state index in [0.29, 0.717) is 10.2 Å². The van der Waals surface area contributed by atoms with Gasteiger partial charge in [-0.3, -0.25) is 4.79 Å². The molecular weight excluding hydrogens is 389 g/mol. The van der Waals surface area contributed by atoms with E-state index in [0.717, 1.165) is 15.6 Å². The Bertz CT molecular complexity index is 658. The predicted molar refractivity (Wildman–Crippen MR) is 85.3 cm³/mol. The smallest absolute Gasteiger partial charge is 0.228 e. The molecule has 2 aromatic carbocycles. The summed E-state index contributed by atoms with van der Waals surface area (Å²) in [6.07, 6.45) is 0.247. The summed E-state index contributed by atoms with van der Waals surface area (Å²) < 4.78 is 14.8. The Morgan fingerprint density at radius 3 is 2.70 bits per heavy atom. The van der Waals surface area contributed by atoms with Crippen molar-refractivity contribution in [3.8, 4) is 0 Å². The highest BCUT2D eigenvalue weighted by Crippen LogP contribution is 2.24. The third-order valence-electron chi connectivity index (χ3n) is 2.80. The Hall–Kier alpha value is -1.20. The van der Waals surface area contributed by atoms with Gasteiger partial charge in [-0.15, -0.1) is 0 Å². The number of aryl methyl sites for hydroxylation is 1. The minimum Gasteiger partial charge on any atom is -0.325 e. The van der Waals surface area contributed by atoms with Crippen molar-refractivity contribution in [3.63, 3.8) is 0 Å². The molecule has 0 bridgehead atoms. The monoisotopic (exact) mass is 399 g/mol. The van der Waals surface area contributed by atoms with Crippen LogP contribution in [-0.2, 0) is 11.2 Å². The van der Waals surface area contributed by atoms with Crippen LogP contribution in [0, 0.1) is 12.7 Å². The Kier molecular flexibility index (Phi) is 4.94. The number of nitrogens with one attached hydrogen (secondary N) is 1. The molecule has 5 heteroatoms. The number of amides is 1. The number of carbonyl (C=O) groups excluding carboxylic acids is 1. The molecule has 0 aliphatic rings. The first-order chi connectivity index (χ1) is 9.45. The fourth-order valence-electron chi connectivity index (χ4n) is 1.81. The Morgan fingerprint density at radius 2 is 2.00 bits per heavy atom. The van der Waals surface area contributed by atoms with E-state index in [4.69, 9.17) is 0 Å². The topological polar surface area (TPSA) is 29.1 Å². The van der Waals surface area contributed by atoms with Crippen molar-refractivity contribution in [3.05, 3.63) is 62.3 Å². The zero-order valence-electron chi connectivity index (χ0n) is 10.7. The third kappa shape index (κ3) is 3.90. The zero-order chi connectivity index (χ0) is 14.7. The summed E-state index contributed by atoms with van der Waals surface area (Å²) in [5, 5.41) is 2.73. The van der Waals surface area contributed by atoms with Crippen LogP contribution in [0.5, 0.6) is 0 Å². The van der Waals surface area contributed by atoms with Crippen LogP contribution >= 0.6 is 31.9 Å². The van der Waals surface area contributed by atoms with Crippen LogP contribution in [-0.4, -0.2) is 5.91 Å². The van der Waals surface area contributed by atoms with Gasteiger partial charge in [-0.1, -0.05) is 28.1 Å². The van der Waals surface area contributed by atoms with Crippen molar-refractivity contribution in [2.45, 2.75) is 13.3 Å². The van der Waals surface area contributed by atoms with Gasteiger partial charge in [-0.25, -0.2) is 4.39 Å². The molecule has 1 N–H and O–H groups in total. The summed E-state index contributed by atoms with van der Waals surface area (Å²) in [5.41, 5.74) is 2.19. The second-order valence-corrected chi connectivity index (χ2v) is 6.21. The average Bonchev–Trinajstić information content (AvgIpc) is 2.36. The summed E-state index contributed by atoms with van der Waals surface area (Å²) in [5.74, 6) is -0.568. The Balaban J connectivity index is 2.10. The van der Waals surface area contributed by atoms with Crippen molar-refractivity contribution >= 4 is 43.5 Å². The predicted octanol–water partition coefficient (Wildman–Crippen LogP) is 4.84. The van der Waals surface area contributed by atoms with Crippen molar-refractivity contribution in [1.82, 2.24) is 0 Å². The zero-order valence-corrected chi connectivity index (χ0v) is 13.9. The van der Waals surface area contributed by atoms with Gasteiger partial charge in [0.15, 0.2) is 0 Å². The number of halogens is 3. The maximum absolute atomic E-state index is 13.5. The molecule has 0 fully saturated rings. The van der Waals surface area contributed by atoms with Crippen LogP contribution in [0.25, 0.3) is 0 Å². The molecule has 2 rings (SSSR count). The maximum Gasteiger partial charge on any atom is 0.228 e. The van der Waals surface area contributed by atoms with Crippen molar-refractivity contribution in [1.29, 1.82) is 0 Å². The second-order valence-electron chi connectivity index (χ2n) is 4.44. The van der Waals surface area contributed by atoms with Gasteiger partial charge in [0.2, 0.25) is 5.91 Å². The molecule has 0 heterocycles. The maximum atomic E-state index is 13.5. The summed E-state index contributed by atoms with van der Waals surface area (Å²) >= 11 is 6.48. The third-order valence-corrected chi connectivity index (χ3v) is 3.90. The van der Waals surface area contributed by atoms with Crippen molar-refractivity contribution in [2.24, 2.45) is 0 Å². The van der Waals surface area contributed by atoms with Crippen LogP contribution in [0.15, 0.2) is 45.3 Å². The highest BCUT2D eigenvalue weighted by molar-refractivity contribution is 9.10. The molecule has 0 spiro atoms. The Morgan fingerprint density at radius 1 is 1.25 bits per heavy atom. The molecule has 0 unspecified atom stereocenters. The van der Waals surface area contributed by atoms with E-state index in [-0.39, 0.29) is 12.3 Å². The van der Waals surface area contributed by atoms with Crippen LogP contribution in [0.3, 0.4) is 0 Å². The lowest BCUT2D eigenvalue weighted by Crippen LogP contribution is -2.15. The molecule has 104 valence electrons. The molecule has 2 nitrogen and oxygen atoms in total. The van der Waals surface area contributed by atoms with Crippen molar-refractivity contribution < 1.29 is 9.18 Å². The summed E-state index contributed by atoms with van der Waals surface area (Å²) in [6, 6.07) is 10.5. The first kappa shape index (κ1) is 15.2. The first-order valence-corrected chi connectivity index (χ1v) is 7.54. The van der Waals surface area contributed by atoms with Gasteiger partial charge in [0.25, 0.3) is 0 Å².